The minimum absolute atomic E-state index is 0.234. The zero-order chi connectivity index (χ0) is 34.5. The maximum atomic E-state index is 14.1. The summed E-state index contributed by atoms with van der Waals surface area (Å²) in [5.74, 6) is 1.67. The van der Waals surface area contributed by atoms with Crippen molar-refractivity contribution in [3.63, 3.8) is 0 Å². The average Bonchev–Trinajstić information content (AvgIpc) is 3.74. The number of ether oxygens (including phenoxy) is 2. The highest BCUT2D eigenvalue weighted by Crippen LogP contribution is 2.47. The molecule has 0 amide bonds. The molecule has 0 aromatic heterocycles. The van der Waals surface area contributed by atoms with Crippen LogP contribution in [0.5, 0.6) is 11.5 Å². The molecule has 10 heteroatoms. The van der Waals surface area contributed by atoms with Crippen LogP contribution >= 0.6 is 15.8 Å². The molecule has 0 radical (unpaired) electrons. The molecule has 2 aliphatic heterocycles. The second-order valence-electron chi connectivity index (χ2n) is 12.4. The van der Waals surface area contributed by atoms with E-state index in [2.05, 4.69) is 24.3 Å². The predicted molar refractivity (Wildman–Crippen MR) is 186 cm³/mol. The van der Waals surface area contributed by atoms with Gasteiger partial charge in [0.15, 0.2) is 0 Å². The molecule has 0 saturated heterocycles. The van der Waals surface area contributed by atoms with Gasteiger partial charge < -0.3 is 9.47 Å². The Bertz CT molecular complexity index is 1920. The molecule has 2 nitrogen and oxygen atoms in total. The monoisotopic (exact) mass is 708 g/mol. The molecule has 7 rings (SSSR count). The maximum Gasteiger partial charge on any atom is 0.416 e. The van der Waals surface area contributed by atoms with Crippen LogP contribution < -0.4 is 36.0 Å². The van der Waals surface area contributed by atoms with Gasteiger partial charge in [0, 0.05) is 29.6 Å². The number of alkyl halides is 6. The summed E-state index contributed by atoms with van der Waals surface area (Å²) in [6.45, 7) is 4.30. The number of fused-ring (bicyclic) bond motifs is 2. The van der Waals surface area contributed by atoms with E-state index in [1.54, 1.807) is 26.0 Å². The third-order valence-corrected chi connectivity index (χ3v) is 13.8. The lowest BCUT2D eigenvalue weighted by molar-refractivity contribution is -0.138. The number of rotatable bonds is 7. The highest BCUT2D eigenvalue weighted by Gasteiger charge is 2.35. The highest BCUT2D eigenvalue weighted by molar-refractivity contribution is 7.80. The van der Waals surface area contributed by atoms with E-state index in [9.17, 15) is 26.3 Å². The molecule has 0 N–H and O–H groups in total. The minimum Gasteiger partial charge on any atom is -0.492 e. The van der Waals surface area contributed by atoms with Gasteiger partial charge in [-0.25, -0.2) is 0 Å². The first-order valence-corrected chi connectivity index (χ1v) is 18.8. The molecule has 0 aliphatic carbocycles. The van der Waals surface area contributed by atoms with E-state index in [0.717, 1.165) is 81.2 Å². The predicted octanol–water partition coefficient (Wildman–Crippen LogP) is 8.60. The molecule has 0 atom stereocenters. The fourth-order valence-corrected chi connectivity index (χ4v) is 12.1. The maximum absolute atomic E-state index is 14.1. The second-order valence-corrected chi connectivity index (χ2v) is 16.7. The van der Waals surface area contributed by atoms with Crippen molar-refractivity contribution in [3.05, 3.63) is 136 Å². The summed E-state index contributed by atoms with van der Waals surface area (Å²) >= 11 is 0. The first kappa shape index (κ1) is 33.6. The van der Waals surface area contributed by atoms with Gasteiger partial charge in [0.05, 0.1) is 24.3 Å². The van der Waals surface area contributed by atoms with Gasteiger partial charge in [-0.1, -0.05) is 72.8 Å². The molecular weight excluding hydrogens is 676 g/mol. The Labute approximate surface area is 283 Å². The van der Waals surface area contributed by atoms with E-state index in [-0.39, 0.29) is 6.16 Å². The molecule has 2 aliphatic rings. The quantitative estimate of drug-likeness (QED) is 0.125. The summed E-state index contributed by atoms with van der Waals surface area (Å²) in [7, 11) is -3.03. The van der Waals surface area contributed by atoms with E-state index >= 15 is 0 Å². The van der Waals surface area contributed by atoms with Crippen LogP contribution in [-0.4, -0.2) is 13.2 Å². The Balaban J connectivity index is 1.44. The van der Waals surface area contributed by atoms with Gasteiger partial charge in [-0.3, -0.25) is 0 Å². The molecular formula is C39H32F6O2P2. The van der Waals surface area contributed by atoms with Gasteiger partial charge in [-0.2, -0.15) is 26.3 Å². The summed E-state index contributed by atoms with van der Waals surface area (Å²) < 4.78 is 97.2. The zero-order valence-corrected chi connectivity index (χ0v) is 28.5. The Morgan fingerprint density at radius 1 is 0.571 bits per heavy atom. The third kappa shape index (κ3) is 6.83. The molecule has 0 spiro atoms. The van der Waals surface area contributed by atoms with E-state index in [1.165, 1.54) is 0 Å². The highest BCUT2D eigenvalue weighted by atomic mass is 31.1. The summed E-state index contributed by atoms with van der Waals surface area (Å²) in [5, 5.41) is 3.72. The lowest BCUT2D eigenvalue weighted by Crippen LogP contribution is -2.26. The molecule has 5 aromatic carbocycles. The minimum atomic E-state index is -4.61. The number of halogens is 6. The first-order chi connectivity index (χ1) is 23.4. The van der Waals surface area contributed by atoms with Gasteiger partial charge in [0.25, 0.3) is 0 Å². The van der Waals surface area contributed by atoms with E-state index in [1.807, 2.05) is 36.4 Å². The third-order valence-electron chi connectivity index (χ3n) is 8.83. The summed E-state index contributed by atoms with van der Waals surface area (Å²) in [4.78, 5) is 0. The van der Waals surface area contributed by atoms with Crippen molar-refractivity contribution in [2.45, 2.75) is 45.2 Å². The van der Waals surface area contributed by atoms with E-state index in [0.29, 0.717) is 34.9 Å². The smallest absolute Gasteiger partial charge is 0.416 e. The van der Waals surface area contributed by atoms with E-state index in [4.69, 9.17) is 9.47 Å². The van der Waals surface area contributed by atoms with Gasteiger partial charge in [0.1, 0.15) is 11.5 Å². The molecule has 5 aromatic rings. The average molecular weight is 709 g/mol. The van der Waals surface area contributed by atoms with Gasteiger partial charge in [0.2, 0.25) is 0 Å². The van der Waals surface area contributed by atoms with Crippen molar-refractivity contribution >= 4 is 42.4 Å². The van der Waals surface area contributed by atoms with Crippen LogP contribution in [0.3, 0.4) is 0 Å². The Hall–Kier alpha value is -3.86. The number of aryl methyl sites for hydroxylation is 2. The van der Waals surface area contributed by atoms with Gasteiger partial charge in [-0.15, -0.1) is 0 Å². The Morgan fingerprint density at radius 2 is 1.04 bits per heavy atom. The number of hydrogen-bond acceptors (Lipinski definition) is 2. The van der Waals surface area contributed by atoms with Crippen LogP contribution in [0.1, 0.15) is 38.9 Å². The van der Waals surface area contributed by atoms with Crippen LogP contribution in [0.25, 0.3) is 0 Å². The van der Waals surface area contributed by atoms with Crippen molar-refractivity contribution in [2.24, 2.45) is 0 Å². The molecule has 0 fully saturated rings. The zero-order valence-electron chi connectivity index (χ0n) is 26.8. The van der Waals surface area contributed by atoms with E-state index < -0.39 is 39.3 Å². The SMILES string of the molecule is Cc1cc(P(Cc2ccccc2P(c2cccc3c2OCC3)c2cccc3c2OCC3)c2cc(C)cc(C(F)(F)F)c2)cc(C(F)(F)F)c1. The molecule has 0 unspecified atom stereocenters. The van der Waals surface area contributed by atoms with Crippen molar-refractivity contribution in [1.82, 2.24) is 0 Å². The van der Waals surface area contributed by atoms with Crippen LogP contribution in [0, 0.1) is 13.8 Å². The molecule has 252 valence electrons. The van der Waals surface area contributed by atoms with Crippen molar-refractivity contribution in [1.29, 1.82) is 0 Å². The lowest BCUT2D eigenvalue weighted by Gasteiger charge is -2.28. The molecule has 0 saturated carbocycles. The van der Waals surface area contributed by atoms with Crippen molar-refractivity contribution in [3.8, 4) is 11.5 Å². The molecule has 2 heterocycles. The molecule has 0 bridgehead atoms. The number of hydrogen-bond donors (Lipinski definition) is 0. The normalized spacial score (nSPS) is 14.2. The second kappa shape index (κ2) is 13.1. The fourth-order valence-electron chi connectivity index (χ4n) is 6.67. The van der Waals surface area contributed by atoms with Crippen molar-refractivity contribution < 1.29 is 35.8 Å². The fraction of sp³-hybridized carbons (Fsp3) is 0.231. The van der Waals surface area contributed by atoms with Crippen LogP contribution in [0.15, 0.2) is 97.1 Å². The van der Waals surface area contributed by atoms with Crippen LogP contribution in [0.2, 0.25) is 0 Å². The largest absolute Gasteiger partial charge is 0.492 e. The van der Waals surface area contributed by atoms with Crippen molar-refractivity contribution in [2.75, 3.05) is 13.2 Å². The summed E-state index contributed by atoms with van der Waals surface area (Å²) in [6.07, 6.45) is -7.42. The number of benzene rings is 5. The van der Waals surface area contributed by atoms with Crippen LogP contribution in [0.4, 0.5) is 26.3 Å². The van der Waals surface area contributed by atoms with Crippen LogP contribution in [-0.2, 0) is 31.4 Å². The standard InChI is InChI=1S/C39H32F6O2P2/c1-24-17-29(38(40,41)42)21-31(19-24)48(32-20-25(2)18-30(22-32)39(43,44)45)23-28-7-3-4-10-33(28)49(34-11-5-8-26-13-15-46-36(26)34)35-12-6-9-27-14-16-47-37(27)35/h3-12,17-22H,13-16,23H2,1-2H3. The number of para-hydroxylation sites is 2. The topological polar surface area (TPSA) is 18.5 Å². The first-order valence-electron chi connectivity index (χ1n) is 15.9. The van der Waals surface area contributed by atoms with Gasteiger partial charge >= 0.3 is 12.4 Å². The Kier molecular flexibility index (Phi) is 9.00. The summed E-state index contributed by atoms with van der Waals surface area (Å²) in [5.41, 5.74) is 2.23. The Morgan fingerprint density at radius 3 is 1.53 bits per heavy atom. The summed E-state index contributed by atoms with van der Waals surface area (Å²) in [6, 6.07) is 27.8. The van der Waals surface area contributed by atoms with Gasteiger partial charge in [-0.05, 0) is 97.7 Å². The lowest BCUT2D eigenvalue weighted by atomic mass is 10.1. The molecule has 49 heavy (non-hydrogen) atoms.